The Kier molecular flexibility index (Phi) is 7.58. The number of benzene rings is 1. The fourth-order valence-electron chi connectivity index (χ4n) is 5.95. The van der Waals surface area contributed by atoms with E-state index in [0.29, 0.717) is 30.1 Å². The number of halogens is 3. The monoisotopic (exact) mass is 631 g/mol. The Balaban J connectivity index is 1.30. The number of imidazole rings is 1. The largest absolute Gasteiger partial charge is 0.598 e. The molecule has 13 heteroatoms. The molecular weight excluding hydrogens is 600 g/mol. The number of hydrogen-bond acceptors (Lipinski definition) is 8. The van der Waals surface area contributed by atoms with Crippen molar-refractivity contribution in [1.29, 1.82) is 0 Å². The van der Waals surface area contributed by atoms with Gasteiger partial charge in [-0.1, -0.05) is 23.4 Å². The van der Waals surface area contributed by atoms with Gasteiger partial charge in [-0.25, -0.2) is 23.7 Å². The van der Waals surface area contributed by atoms with Gasteiger partial charge in [0.05, 0.1) is 21.7 Å². The van der Waals surface area contributed by atoms with E-state index in [1.165, 1.54) is 23.9 Å². The smallest absolute Gasteiger partial charge is 0.211 e. The van der Waals surface area contributed by atoms with Crippen LogP contribution < -0.4 is 15.4 Å². The standard InChI is InChI=1S/C29H32ClF2N7OS2/c1-16-23(41-21-5-8-34-25(33)22(21)30)26-35-9-12-39(26)27(36-16)38-10-6-29(7-11-38)15-17-13-19(31)20(32)14-18(17)24(29)37-42(40)28(2,3)4/h5,8-9,12-14,24,37H,6-7,10-11,15H2,1-4H3,(H2,33,34)/t24-,42?/m1/s1. The van der Waals surface area contributed by atoms with E-state index in [1.807, 2.05) is 44.4 Å². The lowest BCUT2D eigenvalue weighted by Crippen LogP contribution is -2.50. The maximum Gasteiger partial charge on any atom is 0.211 e. The van der Waals surface area contributed by atoms with Crippen LogP contribution in [0.2, 0.25) is 5.02 Å². The van der Waals surface area contributed by atoms with Crippen molar-refractivity contribution in [2.24, 2.45) is 5.41 Å². The Morgan fingerprint density at radius 1 is 1.17 bits per heavy atom. The van der Waals surface area contributed by atoms with Gasteiger partial charge in [0.1, 0.15) is 10.6 Å². The minimum atomic E-state index is -1.39. The molecule has 0 radical (unpaired) electrons. The second kappa shape index (κ2) is 10.8. The Bertz CT molecular complexity index is 1670. The lowest BCUT2D eigenvalue weighted by Gasteiger charge is -2.44. The van der Waals surface area contributed by atoms with E-state index in [2.05, 4.69) is 19.6 Å². The molecule has 0 bridgehead atoms. The molecule has 1 fully saturated rings. The molecule has 1 aliphatic carbocycles. The quantitative estimate of drug-likeness (QED) is 0.257. The van der Waals surface area contributed by atoms with Crippen LogP contribution in [0.4, 0.5) is 20.5 Å². The molecule has 1 saturated heterocycles. The number of hydrogen-bond donors (Lipinski definition) is 2. The van der Waals surface area contributed by atoms with Crippen LogP contribution in [0.25, 0.3) is 5.65 Å². The van der Waals surface area contributed by atoms with Gasteiger partial charge in [0.15, 0.2) is 17.3 Å². The van der Waals surface area contributed by atoms with Crippen molar-refractivity contribution in [3.63, 3.8) is 0 Å². The lowest BCUT2D eigenvalue weighted by atomic mass is 9.73. The third-order valence-corrected chi connectivity index (χ3v) is 11.5. The van der Waals surface area contributed by atoms with E-state index in [0.717, 1.165) is 45.5 Å². The first-order valence-corrected chi connectivity index (χ1v) is 16.0. The highest BCUT2D eigenvalue weighted by molar-refractivity contribution is 7.99. The van der Waals surface area contributed by atoms with Crippen LogP contribution in [-0.4, -0.2) is 41.7 Å². The van der Waals surface area contributed by atoms with Crippen molar-refractivity contribution in [2.75, 3.05) is 23.7 Å². The van der Waals surface area contributed by atoms with Gasteiger partial charge in [0.25, 0.3) is 0 Å². The van der Waals surface area contributed by atoms with Gasteiger partial charge in [0.2, 0.25) is 5.95 Å². The van der Waals surface area contributed by atoms with Gasteiger partial charge < -0.3 is 15.2 Å². The number of nitrogens with one attached hydrogen (secondary N) is 1. The molecule has 3 aromatic heterocycles. The number of nitrogens with two attached hydrogens (primary N) is 1. The number of aryl methyl sites for hydroxylation is 1. The number of aromatic nitrogens is 4. The highest BCUT2D eigenvalue weighted by Gasteiger charge is 2.51. The molecule has 42 heavy (non-hydrogen) atoms. The predicted molar refractivity (Wildman–Crippen MR) is 163 cm³/mol. The van der Waals surface area contributed by atoms with Crippen LogP contribution in [0, 0.1) is 24.0 Å². The zero-order valence-electron chi connectivity index (χ0n) is 23.7. The fourth-order valence-corrected chi connectivity index (χ4v) is 8.10. The predicted octanol–water partition coefficient (Wildman–Crippen LogP) is 6.03. The van der Waals surface area contributed by atoms with Crippen molar-refractivity contribution in [3.05, 3.63) is 70.3 Å². The maximum absolute atomic E-state index is 14.4. The first-order chi connectivity index (χ1) is 19.9. The third kappa shape index (κ3) is 5.11. The molecule has 222 valence electrons. The lowest BCUT2D eigenvalue weighted by molar-refractivity contribution is 0.175. The molecule has 0 amide bonds. The average molecular weight is 632 g/mol. The highest BCUT2D eigenvalue weighted by atomic mass is 35.5. The van der Waals surface area contributed by atoms with Crippen molar-refractivity contribution in [3.8, 4) is 0 Å². The van der Waals surface area contributed by atoms with Crippen LogP contribution in [0.5, 0.6) is 0 Å². The summed E-state index contributed by atoms with van der Waals surface area (Å²) in [5.41, 5.74) is 8.61. The summed E-state index contributed by atoms with van der Waals surface area (Å²) < 4.78 is 46.7. The molecule has 6 rings (SSSR count). The normalized spacial score (nSPS) is 19.0. The first-order valence-electron chi connectivity index (χ1n) is 13.7. The van der Waals surface area contributed by atoms with Crippen molar-refractivity contribution in [2.45, 2.75) is 67.5 Å². The summed E-state index contributed by atoms with van der Waals surface area (Å²) in [5.74, 6) is -0.693. The minimum absolute atomic E-state index is 0.268. The molecule has 3 N–H and O–H groups in total. The first kappa shape index (κ1) is 29.4. The molecule has 1 aliphatic heterocycles. The molecular formula is C29H32ClF2N7OS2. The van der Waals surface area contributed by atoms with Crippen molar-refractivity contribution < 1.29 is 13.3 Å². The van der Waals surface area contributed by atoms with Crippen LogP contribution in [0.1, 0.15) is 56.5 Å². The molecule has 0 saturated carbocycles. The summed E-state index contributed by atoms with van der Waals surface area (Å²) in [6.07, 6.45) is 7.30. The van der Waals surface area contributed by atoms with Gasteiger partial charge >= 0.3 is 0 Å². The Hall–Kier alpha value is -2.64. The SMILES string of the molecule is Cc1nc(N2CCC3(CC2)Cc2cc(F)c(F)cc2[C@H]3N[S+]([O-])C(C)(C)C)n2ccnc2c1Sc1ccnc(N)c1Cl. The molecule has 8 nitrogen and oxygen atoms in total. The van der Waals surface area contributed by atoms with Crippen molar-refractivity contribution >= 4 is 52.1 Å². The molecule has 1 unspecified atom stereocenters. The minimum Gasteiger partial charge on any atom is -0.598 e. The van der Waals surface area contributed by atoms with Gasteiger partial charge in [-0.2, -0.15) is 0 Å². The summed E-state index contributed by atoms with van der Waals surface area (Å²) in [4.78, 5) is 17.5. The molecule has 2 atom stereocenters. The number of nitrogens with zero attached hydrogens (tertiary/aromatic N) is 5. The number of rotatable bonds is 5. The third-order valence-electron chi connectivity index (χ3n) is 8.22. The average Bonchev–Trinajstić information content (AvgIpc) is 3.52. The molecule has 4 heterocycles. The van der Waals surface area contributed by atoms with E-state index in [1.54, 1.807) is 12.4 Å². The van der Waals surface area contributed by atoms with E-state index < -0.39 is 27.7 Å². The number of anilines is 2. The summed E-state index contributed by atoms with van der Waals surface area (Å²) in [6.45, 7) is 8.97. The summed E-state index contributed by atoms with van der Waals surface area (Å²) >= 11 is 6.48. The Morgan fingerprint density at radius 2 is 1.88 bits per heavy atom. The van der Waals surface area contributed by atoms with Crippen LogP contribution in [0.3, 0.4) is 0 Å². The number of pyridine rings is 1. The molecule has 1 spiro atoms. The Morgan fingerprint density at radius 3 is 2.60 bits per heavy atom. The van der Waals surface area contributed by atoms with Gasteiger partial charge in [-0.3, -0.25) is 4.40 Å². The summed E-state index contributed by atoms with van der Waals surface area (Å²) in [7, 11) is 0. The zero-order valence-corrected chi connectivity index (χ0v) is 26.1. The van der Waals surface area contributed by atoms with E-state index in [4.69, 9.17) is 22.3 Å². The van der Waals surface area contributed by atoms with Gasteiger partial charge in [0, 0.05) is 53.4 Å². The van der Waals surface area contributed by atoms with Gasteiger partial charge in [-0.15, -0.1) is 4.72 Å². The maximum atomic E-state index is 14.4. The topological polar surface area (TPSA) is 107 Å². The molecule has 1 aromatic carbocycles. The molecule has 4 aromatic rings. The van der Waals surface area contributed by atoms with Crippen molar-refractivity contribution in [1.82, 2.24) is 24.1 Å². The van der Waals surface area contributed by atoms with E-state index in [-0.39, 0.29) is 17.3 Å². The zero-order chi connectivity index (χ0) is 30.0. The second-order valence-electron chi connectivity index (χ2n) is 12.0. The highest BCUT2D eigenvalue weighted by Crippen LogP contribution is 2.53. The fraction of sp³-hybridized carbons (Fsp3) is 0.414. The summed E-state index contributed by atoms with van der Waals surface area (Å²) in [5, 5.41) is 0.393. The number of piperidine rings is 1. The molecule has 2 aliphatic rings. The Labute approximate surface area is 255 Å². The number of nitrogen functional groups attached to an aromatic ring is 1. The van der Waals surface area contributed by atoms with E-state index >= 15 is 0 Å². The van der Waals surface area contributed by atoms with Crippen LogP contribution in [0.15, 0.2) is 46.6 Å². The summed E-state index contributed by atoms with van der Waals surface area (Å²) in [6, 6.07) is 4.04. The second-order valence-corrected chi connectivity index (χ2v) is 15.4. The van der Waals surface area contributed by atoms with Crippen LogP contribution in [-0.2, 0) is 17.8 Å². The van der Waals surface area contributed by atoms with Gasteiger partial charge in [-0.05, 0) is 76.3 Å². The number of fused-ring (bicyclic) bond motifs is 2. The van der Waals surface area contributed by atoms with E-state index in [9.17, 15) is 13.3 Å². The van der Waals surface area contributed by atoms with Crippen LogP contribution >= 0.6 is 23.4 Å².